The fourth-order valence-electron chi connectivity index (χ4n) is 2.59. The first-order chi connectivity index (χ1) is 8.78. The summed E-state index contributed by atoms with van der Waals surface area (Å²) in [6.45, 7) is 9.73. The lowest BCUT2D eigenvalue weighted by atomic mass is 10.2. The van der Waals surface area contributed by atoms with Crippen LogP contribution in [0.4, 0.5) is 5.82 Å². The van der Waals surface area contributed by atoms with Crippen LogP contribution >= 0.6 is 0 Å². The number of nitrogens with one attached hydrogen (secondary N) is 1. The lowest BCUT2D eigenvalue weighted by Crippen LogP contribution is -2.46. The third-order valence-electron chi connectivity index (χ3n) is 3.66. The van der Waals surface area contributed by atoms with Gasteiger partial charge in [0.2, 0.25) is 0 Å². The summed E-state index contributed by atoms with van der Waals surface area (Å²) in [5.41, 5.74) is 2.08. The summed E-state index contributed by atoms with van der Waals surface area (Å²) in [6.07, 6.45) is 1.65. The van der Waals surface area contributed by atoms with E-state index < -0.39 is 0 Å². The Morgan fingerprint density at radius 3 is 2.72 bits per heavy atom. The maximum atomic E-state index is 4.47. The van der Waals surface area contributed by atoms with E-state index in [1.54, 1.807) is 6.33 Å². The Morgan fingerprint density at radius 2 is 2.00 bits per heavy atom. The monoisotopic (exact) mass is 245 g/mol. The summed E-state index contributed by atoms with van der Waals surface area (Å²) in [4.78, 5) is 16.9. The van der Waals surface area contributed by atoms with E-state index in [1.807, 2.05) is 0 Å². The molecular formula is C13H19N5. The molecule has 0 amide bonds. The molecule has 1 fully saturated rings. The molecule has 5 nitrogen and oxygen atoms in total. The number of hydrogen-bond acceptors (Lipinski definition) is 4. The second-order valence-electron chi connectivity index (χ2n) is 4.83. The lowest BCUT2D eigenvalue weighted by Gasteiger charge is -2.34. The summed E-state index contributed by atoms with van der Waals surface area (Å²) in [6, 6.07) is 2.14. The van der Waals surface area contributed by atoms with Crippen LogP contribution in [-0.2, 0) is 0 Å². The van der Waals surface area contributed by atoms with E-state index >= 15 is 0 Å². The molecule has 0 bridgehead atoms. The van der Waals surface area contributed by atoms with Crippen molar-refractivity contribution in [3.8, 4) is 0 Å². The zero-order valence-electron chi connectivity index (χ0n) is 11.0. The van der Waals surface area contributed by atoms with Crippen LogP contribution < -0.4 is 4.90 Å². The minimum absolute atomic E-state index is 0.940. The molecule has 1 saturated heterocycles. The molecule has 5 heteroatoms. The third-order valence-corrected chi connectivity index (χ3v) is 3.66. The fraction of sp³-hybridized carbons (Fsp3) is 0.538. The van der Waals surface area contributed by atoms with Gasteiger partial charge < -0.3 is 14.8 Å². The Hall–Kier alpha value is -1.62. The van der Waals surface area contributed by atoms with Crippen LogP contribution in [0.1, 0.15) is 12.6 Å². The molecule has 0 saturated carbocycles. The van der Waals surface area contributed by atoms with E-state index in [2.05, 4.69) is 44.7 Å². The smallest absolute Gasteiger partial charge is 0.143 e. The average Bonchev–Trinajstić information content (AvgIpc) is 2.79. The van der Waals surface area contributed by atoms with Crippen molar-refractivity contribution < 1.29 is 0 Å². The largest absolute Gasteiger partial charge is 0.353 e. The molecule has 1 aliphatic heterocycles. The highest BCUT2D eigenvalue weighted by atomic mass is 15.3. The van der Waals surface area contributed by atoms with Crippen LogP contribution in [0.5, 0.6) is 0 Å². The Balaban J connectivity index is 1.90. The molecule has 0 radical (unpaired) electrons. The maximum Gasteiger partial charge on any atom is 0.143 e. The summed E-state index contributed by atoms with van der Waals surface area (Å²) in [7, 11) is 0. The van der Waals surface area contributed by atoms with Gasteiger partial charge in [0.05, 0.1) is 5.39 Å². The first kappa shape index (κ1) is 11.5. The quantitative estimate of drug-likeness (QED) is 0.869. The van der Waals surface area contributed by atoms with Crippen molar-refractivity contribution in [2.75, 3.05) is 37.6 Å². The number of anilines is 1. The lowest BCUT2D eigenvalue weighted by molar-refractivity contribution is 0.271. The molecule has 0 spiro atoms. The molecule has 0 unspecified atom stereocenters. The number of piperazine rings is 1. The van der Waals surface area contributed by atoms with Crippen LogP contribution in [0, 0.1) is 6.92 Å². The zero-order chi connectivity index (χ0) is 12.5. The number of aromatic nitrogens is 3. The molecule has 0 aliphatic carbocycles. The van der Waals surface area contributed by atoms with Crippen molar-refractivity contribution in [3.05, 3.63) is 18.1 Å². The molecule has 0 atom stereocenters. The van der Waals surface area contributed by atoms with Crippen LogP contribution in [0.3, 0.4) is 0 Å². The summed E-state index contributed by atoms with van der Waals surface area (Å²) in [5, 5.41) is 1.14. The van der Waals surface area contributed by atoms with Crippen LogP contribution in [0.25, 0.3) is 11.0 Å². The van der Waals surface area contributed by atoms with Gasteiger partial charge in [0.15, 0.2) is 0 Å². The highest BCUT2D eigenvalue weighted by molar-refractivity contribution is 5.88. The van der Waals surface area contributed by atoms with E-state index in [0.717, 1.165) is 55.3 Å². The first-order valence-corrected chi connectivity index (χ1v) is 6.55. The van der Waals surface area contributed by atoms with Gasteiger partial charge in [0.25, 0.3) is 0 Å². The topological polar surface area (TPSA) is 48.1 Å². The predicted octanol–water partition coefficient (Wildman–Crippen LogP) is 1.41. The van der Waals surface area contributed by atoms with Crippen molar-refractivity contribution in [1.82, 2.24) is 19.9 Å². The zero-order valence-corrected chi connectivity index (χ0v) is 11.0. The number of nitrogens with zero attached hydrogens (tertiary/aromatic N) is 4. The minimum Gasteiger partial charge on any atom is -0.353 e. The van der Waals surface area contributed by atoms with Gasteiger partial charge in [-0.3, -0.25) is 0 Å². The second-order valence-corrected chi connectivity index (χ2v) is 4.83. The Kier molecular flexibility index (Phi) is 2.91. The van der Waals surface area contributed by atoms with Crippen LogP contribution in [0.2, 0.25) is 0 Å². The first-order valence-electron chi connectivity index (χ1n) is 6.55. The number of rotatable bonds is 2. The van der Waals surface area contributed by atoms with Crippen molar-refractivity contribution >= 4 is 16.9 Å². The van der Waals surface area contributed by atoms with Gasteiger partial charge in [-0.1, -0.05) is 6.92 Å². The Labute approximate surface area is 107 Å². The molecule has 1 N–H and O–H groups in total. The standard InChI is InChI=1S/C13H19N5/c1-3-17-4-6-18(7-5-17)13-11-8-10(2)16-12(11)14-9-15-13/h8-9H,3-7H2,1-2H3,(H,14,15,16). The molecule has 3 rings (SSSR count). The summed E-state index contributed by atoms with van der Waals surface area (Å²) >= 11 is 0. The number of fused-ring (bicyclic) bond motifs is 1. The molecule has 2 aromatic heterocycles. The number of aryl methyl sites for hydroxylation is 1. The van der Waals surface area contributed by atoms with E-state index in [9.17, 15) is 0 Å². The van der Waals surface area contributed by atoms with Crippen LogP contribution in [0.15, 0.2) is 12.4 Å². The van der Waals surface area contributed by atoms with Gasteiger partial charge in [-0.05, 0) is 19.5 Å². The highest BCUT2D eigenvalue weighted by Gasteiger charge is 2.19. The molecular weight excluding hydrogens is 226 g/mol. The Morgan fingerprint density at radius 1 is 1.22 bits per heavy atom. The summed E-state index contributed by atoms with van der Waals surface area (Å²) < 4.78 is 0. The highest BCUT2D eigenvalue weighted by Crippen LogP contribution is 2.24. The maximum absolute atomic E-state index is 4.47. The number of aromatic amines is 1. The summed E-state index contributed by atoms with van der Waals surface area (Å²) in [5.74, 6) is 1.07. The van der Waals surface area contributed by atoms with Crippen molar-refractivity contribution in [2.45, 2.75) is 13.8 Å². The molecule has 96 valence electrons. The molecule has 3 heterocycles. The molecule has 18 heavy (non-hydrogen) atoms. The normalized spacial score (nSPS) is 17.6. The van der Waals surface area contributed by atoms with E-state index in [0.29, 0.717) is 0 Å². The van der Waals surface area contributed by atoms with Gasteiger partial charge in [-0.2, -0.15) is 0 Å². The van der Waals surface area contributed by atoms with Crippen molar-refractivity contribution in [3.63, 3.8) is 0 Å². The van der Waals surface area contributed by atoms with Crippen molar-refractivity contribution in [2.24, 2.45) is 0 Å². The van der Waals surface area contributed by atoms with Gasteiger partial charge in [-0.25, -0.2) is 9.97 Å². The van der Waals surface area contributed by atoms with Crippen molar-refractivity contribution in [1.29, 1.82) is 0 Å². The van der Waals surface area contributed by atoms with Gasteiger partial charge >= 0.3 is 0 Å². The second kappa shape index (κ2) is 4.57. The van der Waals surface area contributed by atoms with E-state index in [4.69, 9.17) is 0 Å². The fourth-order valence-corrected chi connectivity index (χ4v) is 2.59. The van der Waals surface area contributed by atoms with Crippen LogP contribution in [-0.4, -0.2) is 52.6 Å². The van der Waals surface area contributed by atoms with E-state index in [1.165, 1.54) is 0 Å². The average molecular weight is 245 g/mol. The number of likely N-dealkylation sites (N-methyl/N-ethyl adjacent to an activating group) is 1. The van der Waals surface area contributed by atoms with Gasteiger partial charge in [0, 0.05) is 31.9 Å². The molecule has 2 aromatic rings. The SMILES string of the molecule is CCN1CCN(c2ncnc3[nH]c(C)cc23)CC1. The van der Waals surface area contributed by atoms with Gasteiger partial charge in [0.1, 0.15) is 17.8 Å². The molecule has 0 aromatic carbocycles. The molecule has 1 aliphatic rings. The number of H-pyrrole nitrogens is 1. The predicted molar refractivity (Wildman–Crippen MR) is 73.0 cm³/mol. The third kappa shape index (κ3) is 1.95. The minimum atomic E-state index is 0.940. The van der Waals surface area contributed by atoms with Gasteiger partial charge in [-0.15, -0.1) is 0 Å². The van der Waals surface area contributed by atoms with E-state index in [-0.39, 0.29) is 0 Å². The number of hydrogen-bond donors (Lipinski definition) is 1. The Bertz CT molecular complexity index is 539.